The van der Waals surface area contributed by atoms with E-state index in [-0.39, 0.29) is 17.4 Å². The maximum Gasteiger partial charge on any atom is 0.251 e. The molecule has 0 spiro atoms. The molecule has 1 aromatic carbocycles. The Balaban J connectivity index is 1.52. The average Bonchev–Trinajstić information content (AvgIpc) is 3.28. The molecule has 4 aromatic rings. The first-order valence-corrected chi connectivity index (χ1v) is 12.3. The lowest BCUT2D eigenvalue weighted by Crippen LogP contribution is -2.36. The van der Waals surface area contributed by atoms with Gasteiger partial charge in [-0.05, 0) is 65.4 Å². The van der Waals surface area contributed by atoms with Crippen LogP contribution >= 0.6 is 15.9 Å². The number of pyridine rings is 2. The zero-order valence-corrected chi connectivity index (χ0v) is 21.3. The molecular weight excluding hydrogens is 513 g/mol. The molecule has 1 unspecified atom stereocenters. The van der Waals surface area contributed by atoms with Crippen LogP contribution in [-0.2, 0) is 4.74 Å². The van der Waals surface area contributed by atoms with Crippen LogP contribution < -0.4 is 10.5 Å². The van der Waals surface area contributed by atoms with Crippen molar-refractivity contribution in [3.05, 3.63) is 81.2 Å². The molecule has 1 aliphatic rings. The number of morpholine rings is 1. The number of halogens is 2. The number of aromatic amines is 1. The Hall–Kier alpha value is -3.01. The van der Waals surface area contributed by atoms with Crippen LogP contribution in [0, 0.1) is 5.82 Å². The van der Waals surface area contributed by atoms with Gasteiger partial charge >= 0.3 is 0 Å². The number of rotatable bonds is 6. The summed E-state index contributed by atoms with van der Waals surface area (Å²) in [5.41, 5.74) is 4.31. The van der Waals surface area contributed by atoms with Crippen molar-refractivity contribution in [2.24, 2.45) is 0 Å². The van der Waals surface area contributed by atoms with E-state index in [1.54, 1.807) is 22.8 Å². The second kappa shape index (κ2) is 9.93. The van der Waals surface area contributed by atoms with Crippen molar-refractivity contribution in [1.82, 2.24) is 19.4 Å². The van der Waals surface area contributed by atoms with Gasteiger partial charge in [0.15, 0.2) is 0 Å². The molecule has 1 N–H and O–H groups in total. The maximum absolute atomic E-state index is 13.8. The van der Waals surface area contributed by atoms with E-state index < -0.39 is 0 Å². The number of aromatic nitrogens is 3. The molecule has 182 valence electrons. The molecule has 4 heterocycles. The predicted octanol–water partition coefficient (Wildman–Crippen LogP) is 4.28. The highest BCUT2D eigenvalue weighted by molar-refractivity contribution is 9.10. The quantitative estimate of drug-likeness (QED) is 0.396. The zero-order chi connectivity index (χ0) is 24.5. The number of hydrogen-bond acceptors (Lipinski definition) is 5. The summed E-state index contributed by atoms with van der Waals surface area (Å²) in [6, 6.07) is 10.4. The number of H-pyrrole nitrogens is 1. The fourth-order valence-corrected chi connectivity index (χ4v) is 4.96. The molecule has 0 bridgehead atoms. The first kappa shape index (κ1) is 23.7. The van der Waals surface area contributed by atoms with Gasteiger partial charge in [0.25, 0.3) is 5.56 Å². The number of nitrogens with zero attached hydrogens (tertiary/aromatic N) is 4. The van der Waals surface area contributed by atoms with E-state index in [9.17, 15) is 9.18 Å². The van der Waals surface area contributed by atoms with Gasteiger partial charge in [0.05, 0.1) is 35.6 Å². The molecule has 5 rings (SSSR count). The summed E-state index contributed by atoms with van der Waals surface area (Å²) in [5, 5.41) is 0.971. The van der Waals surface area contributed by atoms with Crippen LogP contribution in [0.3, 0.4) is 0 Å². The Kier molecular flexibility index (Phi) is 6.73. The van der Waals surface area contributed by atoms with E-state index >= 15 is 0 Å². The lowest BCUT2D eigenvalue weighted by molar-refractivity contribution is 0.122. The summed E-state index contributed by atoms with van der Waals surface area (Å²) in [6.45, 7) is 3.66. The first-order chi connectivity index (χ1) is 16.9. The third-order valence-electron chi connectivity index (χ3n) is 6.35. The van der Waals surface area contributed by atoms with E-state index in [0.29, 0.717) is 24.2 Å². The van der Waals surface area contributed by atoms with E-state index in [0.717, 1.165) is 46.5 Å². The number of benzene rings is 1. The Morgan fingerprint density at radius 1 is 1.20 bits per heavy atom. The van der Waals surface area contributed by atoms with Gasteiger partial charge in [0, 0.05) is 49.0 Å². The van der Waals surface area contributed by atoms with Crippen molar-refractivity contribution >= 4 is 32.7 Å². The summed E-state index contributed by atoms with van der Waals surface area (Å²) >= 11 is 3.27. The monoisotopic (exact) mass is 539 g/mol. The van der Waals surface area contributed by atoms with E-state index in [1.807, 2.05) is 43.7 Å². The third kappa shape index (κ3) is 4.89. The lowest BCUT2D eigenvalue weighted by atomic mass is 10.0. The number of fused-ring (bicyclic) bond motifs is 1. The second-order valence-corrected chi connectivity index (χ2v) is 9.86. The van der Waals surface area contributed by atoms with Gasteiger partial charge < -0.3 is 24.1 Å². The highest BCUT2D eigenvalue weighted by atomic mass is 79.9. The minimum absolute atomic E-state index is 0.124. The Bertz CT molecular complexity index is 1410. The van der Waals surface area contributed by atoms with Crippen molar-refractivity contribution in [1.29, 1.82) is 0 Å². The Morgan fingerprint density at radius 3 is 2.71 bits per heavy atom. The smallest absolute Gasteiger partial charge is 0.251 e. The molecule has 1 atom stereocenters. The molecule has 1 saturated heterocycles. The number of nitrogens with one attached hydrogen (secondary N) is 1. The fourth-order valence-electron chi connectivity index (χ4n) is 4.56. The van der Waals surface area contributed by atoms with Crippen molar-refractivity contribution in [3.8, 4) is 11.1 Å². The molecule has 0 radical (unpaired) electrons. The second-order valence-electron chi connectivity index (χ2n) is 9.00. The normalized spacial score (nSPS) is 15.2. The number of anilines is 1. The molecule has 0 amide bonds. The van der Waals surface area contributed by atoms with Crippen LogP contribution in [0.15, 0.2) is 64.3 Å². The van der Waals surface area contributed by atoms with Crippen molar-refractivity contribution in [2.45, 2.75) is 6.04 Å². The Labute approximate surface area is 211 Å². The van der Waals surface area contributed by atoms with Gasteiger partial charge in [0.2, 0.25) is 0 Å². The fraction of sp³-hybridized carbons (Fsp3) is 0.308. The van der Waals surface area contributed by atoms with Crippen LogP contribution in [-0.4, -0.2) is 66.4 Å². The minimum atomic E-state index is -0.329. The maximum atomic E-state index is 13.8. The molecular formula is C26H27BrFN5O2. The third-order valence-corrected chi connectivity index (χ3v) is 6.96. The van der Waals surface area contributed by atoms with E-state index in [4.69, 9.17) is 4.74 Å². The van der Waals surface area contributed by atoms with Gasteiger partial charge in [0.1, 0.15) is 11.5 Å². The summed E-state index contributed by atoms with van der Waals surface area (Å²) in [7, 11) is 3.91. The molecule has 35 heavy (non-hydrogen) atoms. The molecule has 9 heteroatoms. The van der Waals surface area contributed by atoms with E-state index in [1.165, 1.54) is 6.07 Å². The van der Waals surface area contributed by atoms with Crippen LogP contribution in [0.4, 0.5) is 10.1 Å². The molecule has 7 nitrogen and oxygen atoms in total. The first-order valence-electron chi connectivity index (χ1n) is 11.5. The van der Waals surface area contributed by atoms with E-state index in [2.05, 4.69) is 36.9 Å². The van der Waals surface area contributed by atoms with Crippen molar-refractivity contribution in [2.75, 3.05) is 51.8 Å². The van der Waals surface area contributed by atoms with Gasteiger partial charge in [-0.1, -0.05) is 6.07 Å². The topological polar surface area (TPSA) is 66.4 Å². The number of hydrogen-bond donors (Lipinski definition) is 1. The van der Waals surface area contributed by atoms with Gasteiger partial charge in [-0.3, -0.25) is 4.79 Å². The number of ether oxygens (including phenoxy) is 1. The lowest BCUT2D eigenvalue weighted by Gasteiger charge is -2.28. The van der Waals surface area contributed by atoms with Crippen molar-refractivity contribution in [3.63, 3.8) is 0 Å². The summed E-state index contributed by atoms with van der Waals surface area (Å²) in [4.78, 5) is 25.4. The van der Waals surface area contributed by atoms with Gasteiger partial charge in [-0.25, -0.2) is 9.37 Å². The van der Waals surface area contributed by atoms with Gasteiger partial charge in [-0.2, -0.15) is 0 Å². The van der Waals surface area contributed by atoms with Crippen LogP contribution in [0.1, 0.15) is 11.6 Å². The highest BCUT2D eigenvalue weighted by Gasteiger charge is 2.19. The summed E-state index contributed by atoms with van der Waals surface area (Å²) in [6.07, 6.45) is 5.59. The molecule has 0 aliphatic carbocycles. The van der Waals surface area contributed by atoms with Crippen LogP contribution in [0.2, 0.25) is 0 Å². The Morgan fingerprint density at radius 2 is 2.00 bits per heavy atom. The average molecular weight is 540 g/mol. The van der Waals surface area contributed by atoms with Gasteiger partial charge in [-0.15, -0.1) is 0 Å². The van der Waals surface area contributed by atoms with Crippen molar-refractivity contribution < 1.29 is 9.13 Å². The summed E-state index contributed by atoms with van der Waals surface area (Å²) < 4.78 is 21.4. The molecule has 3 aromatic heterocycles. The SMILES string of the molecule is CN(C)CC(c1ccc(F)c(Br)c1)n1ccc(-c2c[nH]c3ncc(N4CCOCC4)cc23)cc1=O. The highest BCUT2D eigenvalue weighted by Crippen LogP contribution is 2.31. The summed E-state index contributed by atoms with van der Waals surface area (Å²) in [5.74, 6) is -0.329. The standard InChI is InChI=1S/C26H27BrFN5O2/c1-31(2)16-24(18-3-4-23(28)22(27)11-18)33-6-5-17(12-25(33)34)21-15-30-26-20(21)13-19(14-29-26)32-7-9-35-10-8-32/h3-6,11-15,24H,7-10,16H2,1-2H3,(H,29,30). The molecule has 1 aliphatic heterocycles. The molecule has 1 fully saturated rings. The minimum Gasteiger partial charge on any atom is -0.378 e. The predicted molar refractivity (Wildman–Crippen MR) is 140 cm³/mol. The number of likely N-dealkylation sites (N-methyl/N-ethyl adjacent to an activating group) is 1. The zero-order valence-electron chi connectivity index (χ0n) is 19.7. The largest absolute Gasteiger partial charge is 0.378 e. The molecule has 0 saturated carbocycles. The van der Waals surface area contributed by atoms with Crippen LogP contribution in [0.5, 0.6) is 0 Å². The van der Waals surface area contributed by atoms with Crippen LogP contribution in [0.25, 0.3) is 22.2 Å².